The summed E-state index contributed by atoms with van der Waals surface area (Å²) in [6.45, 7) is 2.08. The van der Waals surface area contributed by atoms with E-state index in [2.05, 4.69) is 15.9 Å². The summed E-state index contributed by atoms with van der Waals surface area (Å²) in [7, 11) is 0. The number of hydrogen-bond acceptors (Lipinski definition) is 2. The maximum Gasteiger partial charge on any atom is 0.338 e. The van der Waals surface area contributed by atoms with E-state index in [1.54, 1.807) is 31.2 Å². The van der Waals surface area contributed by atoms with Gasteiger partial charge in [0.2, 0.25) is 0 Å². The minimum Gasteiger partial charge on any atom is -0.462 e. The lowest BCUT2D eigenvalue weighted by Crippen LogP contribution is -2.04. The van der Waals surface area contributed by atoms with Crippen LogP contribution in [-0.4, -0.2) is 12.6 Å². The van der Waals surface area contributed by atoms with Crippen LogP contribution in [0.25, 0.3) is 0 Å². The fourth-order valence-electron chi connectivity index (χ4n) is 0.979. The van der Waals surface area contributed by atoms with E-state index in [1.807, 2.05) is 0 Å². The van der Waals surface area contributed by atoms with Crippen molar-refractivity contribution in [2.45, 2.75) is 12.0 Å². The van der Waals surface area contributed by atoms with Gasteiger partial charge in [0.25, 0.3) is 0 Å². The minimum atomic E-state index is -1.20. The van der Waals surface area contributed by atoms with E-state index in [0.29, 0.717) is 17.7 Å². The Balaban J connectivity index is 2.78. The Kier molecular flexibility index (Phi) is 4.07. The molecule has 0 saturated carbocycles. The third-order valence-corrected chi connectivity index (χ3v) is 2.20. The van der Waals surface area contributed by atoms with E-state index in [0.717, 1.165) is 0 Å². The van der Waals surface area contributed by atoms with Gasteiger partial charge >= 0.3 is 5.97 Å². The monoisotopic (exact) mass is 260 g/mol. The molecule has 0 aliphatic carbocycles. The van der Waals surface area contributed by atoms with Crippen LogP contribution in [0.5, 0.6) is 0 Å². The van der Waals surface area contributed by atoms with Crippen LogP contribution in [-0.2, 0) is 4.74 Å². The van der Waals surface area contributed by atoms with E-state index in [1.165, 1.54) is 0 Å². The Morgan fingerprint density at radius 3 is 2.50 bits per heavy atom. The molecule has 14 heavy (non-hydrogen) atoms. The molecule has 1 unspecified atom stereocenters. The number of benzene rings is 1. The summed E-state index contributed by atoms with van der Waals surface area (Å²) in [5.74, 6) is -0.385. The first-order chi connectivity index (χ1) is 6.65. The highest BCUT2D eigenvalue weighted by molar-refractivity contribution is 9.09. The molecule has 4 heteroatoms. The van der Waals surface area contributed by atoms with E-state index in [-0.39, 0.29) is 5.97 Å². The van der Waals surface area contributed by atoms with Crippen molar-refractivity contribution in [3.8, 4) is 0 Å². The number of carbonyl (C=O) groups is 1. The molecular formula is C10H10BrFO2. The normalized spacial score (nSPS) is 12.2. The summed E-state index contributed by atoms with van der Waals surface area (Å²) >= 11 is 2.79. The molecule has 0 radical (unpaired) electrons. The number of halogens is 2. The molecule has 0 fully saturated rings. The molecule has 0 bridgehead atoms. The number of esters is 1. The average molecular weight is 261 g/mol. The maximum atomic E-state index is 12.7. The van der Waals surface area contributed by atoms with Gasteiger partial charge in [0.15, 0.2) is 5.08 Å². The van der Waals surface area contributed by atoms with Crippen LogP contribution in [0.15, 0.2) is 24.3 Å². The van der Waals surface area contributed by atoms with Crippen LogP contribution in [0.2, 0.25) is 0 Å². The highest BCUT2D eigenvalue weighted by Crippen LogP contribution is 2.23. The number of ether oxygens (including phenoxy) is 1. The van der Waals surface area contributed by atoms with Gasteiger partial charge in [0, 0.05) is 0 Å². The summed E-state index contributed by atoms with van der Waals surface area (Å²) in [4.78, 5) is 11.2. The largest absolute Gasteiger partial charge is 0.462 e. The fourth-order valence-corrected chi connectivity index (χ4v) is 1.28. The van der Waals surface area contributed by atoms with E-state index in [4.69, 9.17) is 4.74 Å². The van der Waals surface area contributed by atoms with Gasteiger partial charge in [-0.3, -0.25) is 0 Å². The van der Waals surface area contributed by atoms with Crippen molar-refractivity contribution in [1.82, 2.24) is 0 Å². The Morgan fingerprint density at radius 1 is 1.50 bits per heavy atom. The van der Waals surface area contributed by atoms with Crippen LogP contribution >= 0.6 is 15.9 Å². The number of rotatable bonds is 3. The SMILES string of the molecule is CCOC(=O)c1ccc(C(F)Br)cc1. The molecule has 2 nitrogen and oxygen atoms in total. The second kappa shape index (κ2) is 5.10. The van der Waals surface area contributed by atoms with Crippen LogP contribution in [0.3, 0.4) is 0 Å². The summed E-state index contributed by atoms with van der Waals surface area (Å²) in [6.07, 6.45) is 0. The van der Waals surface area contributed by atoms with Crippen molar-refractivity contribution in [3.05, 3.63) is 35.4 Å². The second-order valence-electron chi connectivity index (χ2n) is 2.64. The molecule has 0 spiro atoms. The highest BCUT2D eigenvalue weighted by atomic mass is 79.9. The van der Waals surface area contributed by atoms with Gasteiger partial charge in [0.1, 0.15) is 0 Å². The molecule has 0 heterocycles. The van der Waals surface area contributed by atoms with Gasteiger partial charge in [-0.15, -0.1) is 0 Å². The molecule has 0 amide bonds. The predicted molar refractivity (Wildman–Crippen MR) is 55.2 cm³/mol. The summed E-state index contributed by atoms with van der Waals surface area (Å²) in [6, 6.07) is 6.18. The lowest BCUT2D eigenvalue weighted by molar-refractivity contribution is 0.0526. The Morgan fingerprint density at radius 2 is 2.07 bits per heavy atom. The zero-order valence-electron chi connectivity index (χ0n) is 7.67. The molecule has 0 aliphatic rings. The molecule has 0 aromatic heterocycles. The molecular weight excluding hydrogens is 251 g/mol. The molecule has 1 aromatic carbocycles. The van der Waals surface area contributed by atoms with E-state index >= 15 is 0 Å². The van der Waals surface area contributed by atoms with Gasteiger partial charge in [-0.1, -0.05) is 12.1 Å². The minimum absolute atomic E-state index is 0.338. The third-order valence-electron chi connectivity index (χ3n) is 1.67. The molecule has 1 atom stereocenters. The average Bonchev–Trinajstić information content (AvgIpc) is 2.18. The first kappa shape index (κ1) is 11.2. The second-order valence-corrected chi connectivity index (χ2v) is 3.45. The zero-order valence-corrected chi connectivity index (χ0v) is 9.25. The quantitative estimate of drug-likeness (QED) is 0.616. The third kappa shape index (κ3) is 2.80. The maximum absolute atomic E-state index is 12.7. The van der Waals surface area contributed by atoms with Crippen LogP contribution in [0.4, 0.5) is 4.39 Å². The van der Waals surface area contributed by atoms with Gasteiger partial charge in [-0.25, -0.2) is 9.18 Å². The van der Waals surface area contributed by atoms with Crippen LogP contribution in [0.1, 0.15) is 27.9 Å². The van der Waals surface area contributed by atoms with E-state index in [9.17, 15) is 9.18 Å². The summed E-state index contributed by atoms with van der Waals surface area (Å²) < 4.78 is 17.5. The molecule has 76 valence electrons. The smallest absolute Gasteiger partial charge is 0.338 e. The molecule has 0 saturated heterocycles. The molecule has 0 N–H and O–H groups in total. The van der Waals surface area contributed by atoms with Crippen molar-refractivity contribution in [3.63, 3.8) is 0 Å². The van der Waals surface area contributed by atoms with E-state index < -0.39 is 5.08 Å². The lowest BCUT2D eigenvalue weighted by Gasteiger charge is -2.03. The number of carbonyl (C=O) groups excluding carboxylic acids is 1. The fraction of sp³-hybridized carbons (Fsp3) is 0.300. The van der Waals surface area contributed by atoms with Gasteiger partial charge in [0.05, 0.1) is 12.2 Å². The Labute approximate surface area is 90.2 Å². The Bertz CT molecular complexity index is 308. The number of hydrogen-bond donors (Lipinski definition) is 0. The van der Waals surface area contributed by atoms with Crippen molar-refractivity contribution >= 4 is 21.9 Å². The number of alkyl halides is 2. The van der Waals surface area contributed by atoms with Crippen molar-refractivity contribution in [1.29, 1.82) is 0 Å². The van der Waals surface area contributed by atoms with Crippen molar-refractivity contribution < 1.29 is 13.9 Å². The molecule has 1 rings (SSSR count). The van der Waals surface area contributed by atoms with Gasteiger partial charge in [-0.2, -0.15) is 0 Å². The van der Waals surface area contributed by atoms with Gasteiger partial charge < -0.3 is 4.74 Å². The summed E-state index contributed by atoms with van der Waals surface area (Å²) in [5.41, 5.74) is 0.918. The molecule has 0 aliphatic heterocycles. The standard InChI is InChI=1S/C10H10BrFO2/c1-2-14-10(13)8-5-3-7(4-6-8)9(11)12/h3-6,9H,2H2,1H3. The van der Waals surface area contributed by atoms with Crippen molar-refractivity contribution in [2.75, 3.05) is 6.61 Å². The predicted octanol–water partition coefficient (Wildman–Crippen LogP) is 3.23. The lowest BCUT2D eigenvalue weighted by atomic mass is 10.1. The van der Waals surface area contributed by atoms with Crippen LogP contribution < -0.4 is 0 Å². The first-order valence-corrected chi connectivity index (χ1v) is 5.12. The molecule has 1 aromatic rings. The highest BCUT2D eigenvalue weighted by Gasteiger charge is 2.08. The van der Waals surface area contributed by atoms with Crippen LogP contribution in [0, 0.1) is 0 Å². The summed E-state index contributed by atoms with van der Waals surface area (Å²) in [5, 5.41) is -1.20. The van der Waals surface area contributed by atoms with Gasteiger partial charge in [-0.05, 0) is 40.5 Å². The topological polar surface area (TPSA) is 26.3 Å². The zero-order chi connectivity index (χ0) is 10.6. The van der Waals surface area contributed by atoms with Crippen molar-refractivity contribution in [2.24, 2.45) is 0 Å². The first-order valence-electron chi connectivity index (χ1n) is 4.20. The Hall–Kier alpha value is -0.900.